The molecule has 0 fully saturated rings. The average molecular weight is 176 g/mol. The van der Waals surface area contributed by atoms with Crippen LogP contribution < -0.4 is 0 Å². The van der Waals surface area contributed by atoms with E-state index in [0.717, 1.165) is 12.8 Å². The molecule has 0 aliphatic heterocycles. The van der Waals surface area contributed by atoms with Crippen LogP contribution in [0.3, 0.4) is 0 Å². The van der Waals surface area contributed by atoms with Gasteiger partial charge in [-0.15, -0.1) is 0 Å². The first-order chi connectivity index (χ1) is 5.60. The fourth-order valence-electron chi connectivity index (χ4n) is 1.11. The number of methoxy groups -OCH3 is 2. The van der Waals surface area contributed by atoms with Crippen LogP contribution >= 0.6 is 0 Å². The fourth-order valence-corrected chi connectivity index (χ4v) is 1.11. The second-order valence-electron chi connectivity index (χ2n) is 3.01. The molecule has 3 nitrogen and oxygen atoms in total. The van der Waals surface area contributed by atoms with E-state index in [4.69, 9.17) is 14.2 Å². The van der Waals surface area contributed by atoms with Crippen LogP contribution in [0.15, 0.2) is 0 Å². The lowest BCUT2D eigenvalue weighted by molar-refractivity contribution is -0.375. The van der Waals surface area contributed by atoms with E-state index in [9.17, 15) is 0 Å². The van der Waals surface area contributed by atoms with Crippen LogP contribution in [0, 0.1) is 0 Å². The van der Waals surface area contributed by atoms with Crippen molar-refractivity contribution >= 4 is 0 Å². The molecule has 0 heterocycles. The number of hydrogen-bond donors (Lipinski definition) is 0. The standard InChI is InChI=1S/C9H20O3/c1-6-7-9(10-4,11-5)12-8(2)3/h8H,6-7H2,1-5H3. The van der Waals surface area contributed by atoms with E-state index in [1.807, 2.05) is 13.8 Å². The third kappa shape index (κ3) is 3.52. The molecular weight excluding hydrogens is 156 g/mol. The molecule has 0 amide bonds. The molecule has 0 aromatic heterocycles. The van der Waals surface area contributed by atoms with E-state index < -0.39 is 5.97 Å². The summed E-state index contributed by atoms with van der Waals surface area (Å²) in [6.45, 7) is 5.99. The van der Waals surface area contributed by atoms with Crippen molar-refractivity contribution in [3.8, 4) is 0 Å². The quantitative estimate of drug-likeness (QED) is 0.580. The predicted molar refractivity (Wildman–Crippen MR) is 47.9 cm³/mol. The monoisotopic (exact) mass is 176 g/mol. The minimum absolute atomic E-state index is 0.108. The summed E-state index contributed by atoms with van der Waals surface area (Å²) < 4.78 is 15.9. The lowest BCUT2D eigenvalue weighted by Crippen LogP contribution is -2.39. The zero-order chi connectivity index (χ0) is 9.61. The Morgan fingerprint density at radius 3 is 1.92 bits per heavy atom. The summed E-state index contributed by atoms with van der Waals surface area (Å²) in [5, 5.41) is 0. The molecule has 0 saturated heterocycles. The van der Waals surface area contributed by atoms with Crippen LogP contribution in [0.2, 0.25) is 0 Å². The first-order valence-corrected chi connectivity index (χ1v) is 4.38. The zero-order valence-electron chi connectivity index (χ0n) is 8.72. The van der Waals surface area contributed by atoms with Crippen LogP contribution in [0.1, 0.15) is 33.6 Å². The summed E-state index contributed by atoms with van der Waals surface area (Å²) >= 11 is 0. The van der Waals surface area contributed by atoms with Crippen LogP contribution in [0.25, 0.3) is 0 Å². The fraction of sp³-hybridized carbons (Fsp3) is 1.00. The van der Waals surface area contributed by atoms with Gasteiger partial charge in [0.15, 0.2) is 0 Å². The Bertz CT molecular complexity index is 108. The van der Waals surface area contributed by atoms with E-state index >= 15 is 0 Å². The Labute approximate surface area is 75.0 Å². The first-order valence-electron chi connectivity index (χ1n) is 4.38. The smallest absolute Gasteiger partial charge is 0.282 e. The molecule has 0 saturated carbocycles. The Morgan fingerprint density at radius 1 is 1.17 bits per heavy atom. The zero-order valence-corrected chi connectivity index (χ0v) is 8.72. The Balaban J connectivity index is 4.13. The first kappa shape index (κ1) is 11.9. The van der Waals surface area contributed by atoms with Crippen molar-refractivity contribution in [2.75, 3.05) is 14.2 Å². The molecule has 0 aromatic carbocycles. The summed E-state index contributed by atoms with van der Waals surface area (Å²) in [5.41, 5.74) is 0. The Morgan fingerprint density at radius 2 is 1.67 bits per heavy atom. The summed E-state index contributed by atoms with van der Waals surface area (Å²) in [5.74, 6) is -0.844. The summed E-state index contributed by atoms with van der Waals surface area (Å²) in [6, 6.07) is 0. The molecule has 0 aliphatic rings. The SMILES string of the molecule is CCCC(OC)(OC)OC(C)C. The third-order valence-electron chi connectivity index (χ3n) is 1.59. The van der Waals surface area contributed by atoms with Gasteiger partial charge in [-0.2, -0.15) is 0 Å². The van der Waals surface area contributed by atoms with Crippen LogP contribution in [0.5, 0.6) is 0 Å². The van der Waals surface area contributed by atoms with Gasteiger partial charge in [-0.25, -0.2) is 0 Å². The van der Waals surface area contributed by atoms with Crippen molar-refractivity contribution in [1.29, 1.82) is 0 Å². The molecule has 0 aliphatic carbocycles. The second-order valence-corrected chi connectivity index (χ2v) is 3.01. The predicted octanol–water partition coefficient (Wildman–Crippen LogP) is 2.16. The summed E-state index contributed by atoms with van der Waals surface area (Å²) in [4.78, 5) is 0. The molecule has 0 unspecified atom stereocenters. The van der Waals surface area contributed by atoms with Crippen molar-refractivity contribution in [1.82, 2.24) is 0 Å². The largest absolute Gasteiger partial charge is 0.331 e. The lowest BCUT2D eigenvalue weighted by Gasteiger charge is -2.31. The average Bonchev–Trinajstić information content (AvgIpc) is 2.03. The van der Waals surface area contributed by atoms with Crippen molar-refractivity contribution < 1.29 is 14.2 Å². The molecule has 0 atom stereocenters. The molecule has 3 heteroatoms. The summed E-state index contributed by atoms with van der Waals surface area (Å²) in [7, 11) is 3.20. The van der Waals surface area contributed by atoms with Gasteiger partial charge >= 0.3 is 0 Å². The molecule has 0 bridgehead atoms. The normalized spacial score (nSPS) is 12.5. The van der Waals surface area contributed by atoms with Crippen molar-refractivity contribution in [2.45, 2.75) is 45.7 Å². The number of ether oxygens (including phenoxy) is 3. The van der Waals surface area contributed by atoms with Crippen LogP contribution in [-0.2, 0) is 14.2 Å². The lowest BCUT2D eigenvalue weighted by atomic mass is 10.3. The number of hydrogen-bond acceptors (Lipinski definition) is 3. The molecule has 0 aromatic rings. The van der Waals surface area contributed by atoms with Gasteiger partial charge in [-0.05, 0) is 20.3 Å². The maximum Gasteiger partial charge on any atom is 0.282 e. The molecule has 0 N–H and O–H groups in total. The Hall–Kier alpha value is -0.120. The van der Waals surface area contributed by atoms with Crippen molar-refractivity contribution in [3.05, 3.63) is 0 Å². The van der Waals surface area contributed by atoms with Gasteiger partial charge in [0, 0.05) is 20.6 Å². The Kier molecular flexibility index (Phi) is 5.46. The van der Waals surface area contributed by atoms with Crippen molar-refractivity contribution in [3.63, 3.8) is 0 Å². The summed E-state index contributed by atoms with van der Waals surface area (Å²) in [6.07, 6.45) is 1.82. The van der Waals surface area contributed by atoms with Gasteiger partial charge in [0.1, 0.15) is 0 Å². The van der Waals surface area contributed by atoms with Gasteiger partial charge in [-0.1, -0.05) is 6.92 Å². The third-order valence-corrected chi connectivity index (χ3v) is 1.59. The highest BCUT2D eigenvalue weighted by molar-refractivity contribution is 4.56. The number of rotatable bonds is 6. The molecule has 74 valence electrons. The minimum Gasteiger partial charge on any atom is -0.331 e. The topological polar surface area (TPSA) is 27.7 Å². The van der Waals surface area contributed by atoms with Gasteiger partial charge in [-0.3, -0.25) is 0 Å². The van der Waals surface area contributed by atoms with Gasteiger partial charge in [0.2, 0.25) is 0 Å². The van der Waals surface area contributed by atoms with Gasteiger partial charge in [0.25, 0.3) is 5.97 Å². The van der Waals surface area contributed by atoms with Crippen LogP contribution in [0.4, 0.5) is 0 Å². The van der Waals surface area contributed by atoms with Gasteiger partial charge < -0.3 is 14.2 Å². The van der Waals surface area contributed by atoms with E-state index in [2.05, 4.69) is 6.92 Å². The van der Waals surface area contributed by atoms with E-state index in [1.54, 1.807) is 14.2 Å². The van der Waals surface area contributed by atoms with Crippen LogP contribution in [-0.4, -0.2) is 26.3 Å². The highest BCUT2D eigenvalue weighted by atomic mass is 16.9. The molecule has 0 radical (unpaired) electrons. The molecule has 12 heavy (non-hydrogen) atoms. The maximum absolute atomic E-state index is 5.53. The van der Waals surface area contributed by atoms with E-state index in [0.29, 0.717) is 0 Å². The van der Waals surface area contributed by atoms with E-state index in [1.165, 1.54) is 0 Å². The van der Waals surface area contributed by atoms with Gasteiger partial charge in [0.05, 0.1) is 6.10 Å². The molecular formula is C9H20O3. The highest BCUT2D eigenvalue weighted by Gasteiger charge is 2.30. The maximum atomic E-state index is 5.53. The van der Waals surface area contributed by atoms with Crippen molar-refractivity contribution in [2.24, 2.45) is 0 Å². The minimum atomic E-state index is -0.844. The molecule has 0 spiro atoms. The molecule has 0 rings (SSSR count). The second kappa shape index (κ2) is 5.51. The van der Waals surface area contributed by atoms with E-state index in [-0.39, 0.29) is 6.10 Å². The highest BCUT2D eigenvalue weighted by Crippen LogP contribution is 2.21.